The molecule has 0 N–H and O–H groups in total. The van der Waals surface area contributed by atoms with Crippen LogP contribution in [-0.2, 0) is 11.2 Å². The van der Waals surface area contributed by atoms with E-state index in [1.165, 1.54) is 5.56 Å². The van der Waals surface area contributed by atoms with E-state index >= 15 is 0 Å². The molecule has 2 aromatic rings. The van der Waals surface area contributed by atoms with Crippen molar-refractivity contribution in [2.45, 2.75) is 26.3 Å². The van der Waals surface area contributed by atoms with E-state index in [1.807, 2.05) is 36.9 Å². The molecule has 104 valence electrons. The van der Waals surface area contributed by atoms with E-state index in [0.717, 1.165) is 24.3 Å². The van der Waals surface area contributed by atoms with Gasteiger partial charge in [-0.2, -0.15) is 5.10 Å². The third kappa shape index (κ3) is 2.00. The monoisotopic (exact) mass is 289 g/mol. The number of hydrogen-bond donors (Lipinski definition) is 0. The predicted molar refractivity (Wildman–Crippen MR) is 79.2 cm³/mol. The van der Waals surface area contributed by atoms with Gasteiger partial charge in [0.05, 0.1) is 16.9 Å². The van der Waals surface area contributed by atoms with Crippen LogP contribution in [0.3, 0.4) is 0 Å². The average molecular weight is 290 g/mol. The van der Waals surface area contributed by atoms with Gasteiger partial charge in [0.2, 0.25) is 0 Å². The van der Waals surface area contributed by atoms with Gasteiger partial charge in [-0.1, -0.05) is 29.8 Å². The number of carbonyl (C=O) groups excluding carboxylic acids is 1. The van der Waals surface area contributed by atoms with Gasteiger partial charge in [0, 0.05) is 12.2 Å². The molecule has 1 amide bonds. The third-order valence-electron chi connectivity index (χ3n) is 3.86. The van der Waals surface area contributed by atoms with Crippen LogP contribution in [0.25, 0.3) is 0 Å². The third-order valence-corrected chi connectivity index (χ3v) is 4.23. The molecular weight excluding hydrogens is 274 g/mol. The Balaban J connectivity index is 1.89. The Kier molecular flexibility index (Phi) is 3.26. The molecule has 0 aliphatic carbocycles. The van der Waals surface area contributed by atoms with Gasteiger partial charge in [-0.15, -0.1) is 0 Å². The van der Waals surface area contributed by atoms with Crippen LogP contribution in [0.4, 0.5) is 5.69 Å². The Morgan fingerprint density at radius 3 is 2.85 bits per heavy atom. The summed E-state index contributed by atoms with van der Waals surface area (Å²) in [4.78, 5) is 14.5. The number of nitrogens with zero attached hydrogens (tertiary/aromatic N) is 3. The number of fused-ring (bicyclic) bond motifs is 1. The number of amides is 1. The molecular formula is C15H16ClN3O. The molecule has 0 radical (unpaired) electrons. The van der Waals surface area contributed by atoms with E-state index in [2.05, 4.69) is 11.2 Å². The molecule has 1 atom stereocenters. The molecule has 5 heteroatoms. The lowest BCUT2D eigenvalue weighted by molar-refractivity contribution is -0.121. The molecule has 1 aromatic carbocycles. The van der Waals surface area contributed by atoms with Gasteiger partial charge in [0.1, 0.15) is 6.04 Å². The minimum Gasteiger partial charge on any atom is -0.310 e. The Morgan fingerprint density at radius 2 is 2.15 bits per heavy atom. The average Bonchev–Trinajstić information content (AvgIpc) is 3.02. The zero-order chi connectivity index (χ0) is 14.3. The lowest BCUT2D eigenvalue weighted by Crippen LogP contribution is -2.35. The molecule has 2 heterocycles. The van der Waals surface area contributed by atoms with Crippen molar-refractivity contribution in [1.82, 2.24) is 9.78 Å². The summed E-state index contributed by atoms with van der Waals surface area (Å²) < 4.78 is 1.69. The highest BCUT2D eigenvalue weighted by Crippen LogP contribution is 2.30. The lowest BCUT2D eigenvalue weighted by atomic mass is 10.2. The van der Waals surface area contributed by atoms with E-state index in [1.54, 1.807) is 10.9 Å². The lowest BCUT2D eigenvalue weighted by Gasteiger charge is -2.22. The van der Waals surface area contributed by atoms with Crippen molar-refractivity contribution in [2.24, 2.45) is 0 Å². The maximum atomic E-state index is 12.7. The fraction of sp³-hybridized carbons (Fsp3) is 0.333. The molecule has 0 spiro atoms. The molecule has 20 heavy (non-hydrogen) atoms. The largest absolute Gasteiger partial charge is 0.310 e. The number of halogens is 1. The van der Waals surface area contributed by atoms with Crippen molar-refractivity contribution < 1.29 is 4.79 Å². The molecule has 4 nitrogen and oxygen atoms in total. The van der Waals surface area contributed by atoms with Crippen LogP contribution in [0.5, 0.6) is 0 Å². The highest BCUT2D eigenvalue weighted by atomic mass is 35.5. The molecule has 1 unspecified atom stereocenters. The zero-order valence-corrected chi connectivity index (χ0v) is 12.3. The normalized spacial score (nSPS) is 15.2. The topological polar surface area (TPSA) is 38.1 Å². The maximum Gasteiger partial charge on any atom is 0.251 e. The first-order chi connectivity index (χ1) is 9.59. The summed E-state index contributed by atoms with van der Waals surface area (Å²) >= 11 is 6.01. The molecule has 0 saturated carbocycles. The first-order valence-electron chi connectivity index (χ1n) is 6.68. The van der Waals surface area contributed by atoms with Crippen LogP contribution in [-0.4, -0.2) is 22.2 Å². The van der Waals surface area contributed by atoms with E-state index < -0.39 is 0 Å². The summed E-state index contributed by atoms with van der Waals surface area (Å²) in [6.07, 6.45) is 2.49. The summed E-state index contributed by atoms with van der Waals surface area (Å²) in [6.45, 7) is 4.47. The zero-order valence-electron chi connectivity index (χ0n) is 11.5. The van der Waals surface area contributed by atoms with E-state index in [9.17, 15) is 4.79 Å². The molecule has 1 aliphatic rings. The van der Waals surface area contributed by atoms with Crippen LogP contribution in [0.2, 0.25) is 5.02 Å². The number of anilines is 1. The van der Waals surface area contributed by atoms with Crippen LogP contribution in [0.15, 0.2) is 30.5 Å². The minimum atomic E-state index is -0.353. The number of carbonyl (C=O) groups is 1. The SMILES string of the molecule is Cc1c(Cl)cnn1C(C)C(=O)N1CCc2ccccc21. The van der Waals surface area contributed by atoms with E-state index in [-0.39, 0.29) is 11.9 Å². The summed E-state index contributed by atoms with van der Waals surface area (Å²) in [6, 6.07) is 7.69. The molecule has 0 saturated heterocycles. The van der Waals surface area contributed by atoms with Gasteiger partial charge in [-0.25, -0.2) is 0 Å². The van der Waals surface area contributed by atoms with E-state index in [4.69, 9.17) is 11.6 Å². The molecule has 3 rings (SSSR count). The smallest absolute Gasteiger partial charge is 0.251 e. The van der Waals surface area contributed by atoms with Gasteiger partial charge in [0.15, 0.2) is 0 Å². The predicted octanol–water partition coefficient (Wildman–Crippen LogP) is 3.00. The van der Waals surface area contributed by atoms with E-state index in [0.29, 0.717) is 5.02 Å². The highest BCUT2D eigenvalue weighted by molar-refractivity contribution is 6.31. The Labute approximate surface area is 123 Å². The first-order valence-corrected chi connectivity index (χ1v) is 7.06. The molecule has 0 bridgehead atoms. The molecule has 0 fully saturated rings. The quantitative estimate of drug-likeness (QED) is 0.852. The second-order valence-electron chi connectivity index (χ2n) is 5.07. The fourth-order valence-corrected chi connectivity index (χ4v) is 2.82. The summed E-state index contributed by atoms with van der Waals surface area (Å²) in [5.41, 5.74) is 3.06. The minimum absolute atomic E-state index is 0.0535. The summed E-state index contributed by atoms with van der Waals surface area (Å²) in [5, 5.41) is 4.79. The number of aromatic nitrogens is 2. The number of rotatable bonds is 2. The Morgan fingerprint density at radius 1 is 1.40 bits per heavy atom. The van der Waals surface area contributed by atoms with Crippen molar-refractivity contribution in [3.05, 3.63) is 46.7 Å². The van der Waals surface area contributed by atoms with Gasteiger partial charge < -0.3 is 4.90 Å². The van der Waals surface area contributed by atoms with Crippen molar-refractivity contribution in [3.63, 3.8) is 0 Å². The van der Waals surface area contributed by atoms with Crippen LogP contribution in [0.1, 0.15) is 24.2 Å². The first kappa shape index (κ1) is 13.2. The van der Waals surface area contributed by atoms with Crippen LogP contribution >= 0.6 is 11.6 Å². The number of para-hydroxylation sites is 1. The highest BCUT2D eigenvalue weighted by Gasteiger charge is 2.29. The summed E-state index contributed by atoms with van der Waals surface area (Å²) in [5.74, 6) is 0.0535. The van der Waals surface area contributed by atoms with Crippen molar-refractivity contribution >= 4 is 23.2 Å². The maximum absolute atomic E-state index is 12.7. The van der Waals surface area contributed by atoms with Crippen molar-refractivity contribution in [1.29, 1.82) is 0 Å². The van der Waals surface area contributed by atoms with Crippen LogP contribution in [0, 0.1) is 6.92 Å². The Hall–Kier alpha value is -1.81. The fourth-order valence-electron chi connectivity index (χ4n) is 2.69. The number of benzene rings is 1. The Bertz CT molecular complexity index is 665. The second-order valence-corrected chi connectivity index (χ2v) is 5.47. The second kappa shape index (κ2) is 4.94. The van der Waals surface area contributed by atoms with Crippen molar-refractivity contribution in [3.8, 4) is 0 Å². The molecule has 1 aromatic heterocycles. The van der Waals surface area contributed by atoms with Gasteiger partial charge in [-0.3, -0.25) is 9.48 Å². The van der Waals surface area contributed by atoms with Gasteiger partial charge >= 0.3 is 0 Å². The number of hydrogen-bond acceptors (Lipinski definition) is 2. The standard InChI is InChI=1S/C15H16ClN3O/c1-10-13(16)9-17-19(10)11(2)15(20)18-8-7-12-5-3-4-6-14(12)18/h3-6,9,11H,7-8H2,1-2H3. The van der Waals surface area contributed by atoms with Gasteiger partial charge in [-0.05, 0) is 31.9 Å². The van der Waals surface area contributed by atoms with Gasteiger partial charge in [0.25, 0.3) is 5.91 Å². The van der Waals surface area contributed by atoms with Crippen LogP contribution < -0.4 is 4.90 Å². The molecule has 1 aliphatic heterocycles. The summed E-state index contributed by atoms with van der Waals surface area (Å²) in [7, 11) is 0. The van der Waals surface area contributed by atoms with Crippen molar-refractivity contribution in [2.75, 3.05) is 11.4 Å².